The van der Waals surface area contributed by atoms with Gasteiger partial charge in [-0.25, -0.2) is 0 Å². The van der Waals surface area contributed by atoms with Crippen LogP contribution in [0.1, 0.15) is 30.5 Å². The Balaban J connectivity index is 1.63. The Bertz CT molecular complexity index is 1080. The summed E-state index contributed by atoms with van der Waals surface area (Å²) in [5, 5.41) is 0. The number of ether oxygens (including phenoxy) is 5. The van der Waals surface area contributed by atoms with Gasteiger partial charge < -0.3 is 23.7 Å². The molecule has 0 aromatic heterocycles. The van der Waals surface area contributed by atoms with Crippen LogP contribution in [0.2, 0.25) is 0 Å². The molecule has 1 aliphatic heterocycles. The molecule has 1 fully saturated rings. The average molecular weight is 649 g/mol. The Labute approximate surface area is 244 Å². The first-order valence-electron chi connectivity index (χ1n) is 13.0. The molecule has 0 radical (unpaired) electrons. The number of methoxy groups -OCH3 is 1. The van der Waals surface area contributed by atoms with Crippen molar-refractivity contribution in [1.29, 1.82) is 0 Å². The molecule has 5 nitrogen and oxygen atoms in total. The van der Waals surface area contributed by atoms with Gasteiger partial charge in [0.15, 0.2) is 6.29 Å². The van der Waals surface area contributed by atoms with E-state index >= 15 is 0 Å². The Kier molecular flexibility index (Phi) is 11.5. The van der Waals surface area contributed by atoms with Crippen molar-refractivity contribution in [2.24, 2.45) is 0 Å². The summed E-state index contributed by atoms with van der Waals surface area (Å²) in [6.45, 7) is 7.13. The standard InChI is InChI=1S/C31H37IO5S/c1-21-15-17-26(18-16-21)38-31-29(37-30(33-4)22(2)32)28(35-20-25-13-9-6-10-14-25)27(23(3)36-31)34-19-24-11-7-5-8-12-24/h5-18,22-23,27-31H,19-20H2,1-4H3/t22?,23-,27-,28+,29+,30?,31-/m0/s1. The fraction of sp³-hybridized carbons (Fsp3) is 0.419. The number of hydrogen-bond acceptors (Lipinski definition) is 6. The van der Waals surface area contributed by atoms with Crippen LogP contribution in [0.5, 0.6) is 0 Å². The van der Waals surface area contributed by atoms with E-state index in [1.54, 1.807) is 18.9 Å². The highest BCUT2D eigenvalue weighted by atomic mass is 127. The minimum atomic E-state index is -0.427. The lowest BCUT2D eigenvalue weighted by Crippen LogP contribution is -2.59. The second-order valence-corrected chi connectivity index (χ2v) is 12.7. The summed E-state index contributed by atoms with van der Waals surface area (Å²) in [7, 11) is 1.68. The molecular weight excluding hydrogens is 611 g/mol. The SMILES string of the molecule is COC(O[C@@H]1[C@H](OCc2ccccc2)[C@@H](OCc2ccccc2)[C@H](C)O[C@H]1Sc1ccc(C)cc1)C(C)I. The van der Waals surface area contributed by atoms with Crippen molar-refractivity contribution in [2.45, 2.75) is 78.9 Å². The average Bonchev–Trinajstić information content (AvgIpc) is 2.93. The molecule has 204 valence electrons. The molecule has 4 rings (SSSR count). The second-order valence-electron chi connectivity index (χ2n) is 9.55. The number of aryl methyl sites for hydroxylation is 1. The Morgan fingerprint density at radius 1 is 0.816 bits per heavy atom. The number of alkyl halides is 1. The molecule has 3 aromatic rings. The first-order valence-corrected chi connectivity index (χ1v) is 15.1. The van der Waals surface area contributed by atoms with Crippen molar-refractivity contribution in [3.63, 3.8) is 0 Å². The maximum atomic E-state index is 6.66. The highest BCUT2D eigenvalue weighted by Crippen LogP contribution is 2.38. The molecule has 0 spiro atoms. The molecule has 7 heteroatoms. The molecule has 0 N–H and O–H groups in total. The van der Waals surface area contributed by atoms with Gasteiger partial charge in [0.2, 0.25) is 0 Å². The molecule has 0 aliphatic carbocycles. The summed E-state index contributed by atoms with van der Waals surface area (Å²) < 4.78 is 32.3. The highest BCUT2D eigenvalue weighted by Gasteiger charge is 2.48. The van der Waals surface area contributed by atoms with E-state index in [1.165, 1.54) is 5.56 Å². The van der Waals surface area contributed by atoms with E-state index in [0.717, 1.165) is 16.0 Å². The minimum absolute atomic E-state index is 0.125. The van der Waals surface area contributed by atoms with Crippen molar-refractivity contribution in [2.75, 3.05) is 7.11 Å². The largest absolute Gasteiger partial charge is 0.368 e. The molecule has 2 unspecified atom stereocenters. The van der Waals surface area contributed by atoms with E-state index in [4.69, 9.17) is 23.7 Å². The van der Waals surface area contributed by atoms with Gasteiger partial charge in [-0.3, -0.25) is 0 Å². The quantitative estimate of drug-likeness (QED) is 0.118. The number of rotatable bonds is 12. The first kappa shape index (κ1) is 29.5. The number of hydrogen-bond donors (Lipinski definition) is 0. The van der Waals surface area contributed by atoms with Crippen molar-refractivity contribution >= 4 is 34.4 Å². The van der Waals surface area contributed by atoms with E-state index in [0.29, 0.717) is 13.2 Å². The Hall–Kier alpha value is -1.46. The summed E-state index contributed by atoms with van der Waals surface area (Å²) in [5.74, 6) is 0. The van der Waals surface area contributed by atoms with Crippen LogP contribution in [-0.2, 0) is 36.9 Å². The van der Waals surface area contributed by atoms with Gasteiger partial charge >= 0.3 is 0 Å². The lowest BCUT2D eigenvalue weighted by atomic mass is 9.99. The molecule has 3 aromatic carbocycles. The molecule has 38 heavy (non-hydrogen) atoms. The van der Waals surface area contributed by atoms with Crippen LogP contribution in [0, 0.1) is 6.92 Å². The van der Waals surface area contributed by atoms with Crippen molar-refractivity contribution in [3.8, 4) is 0 Å². The van der Waals surface area contributed by atoms with Gasteiger partial charge in [-0.1, -0.05) is 113 Å². The summed E-state index contributed by atoms with van der Waals surface area (Å²) in [5.41, 5.74) is 3.11. The molecule has 1 heterocycles. The van der Waals surface area contributed by atoms with Gasteiger partial charge in [0, 0.05) is 12.0 Å². The number of halogens is 1. The second kappa shape index (κ2) is 14.8. The predicted octanol–water partition coefficient (Wildman–Crippen LogP) is 7.18. The van der Waals surface area contributed by atoms with E-state index in [9.17, 15) is 0 Å². The zero-order valence-electron chi connectivity index (χ0n) is 22.4. The smallest absolute Gasteiger partial charge is 0.169 e. The molecule has 1 aliphatic rings. The monoisotopic (exact) mass is 648 g/mol. The third-order valence-electron chi connectivity index (χ3n) is 6.47. The topological polar surface area (TPSA) is 46.2 Å². The molecule has 0 amide bonds. The van der Waals surface area contributed by atoms with Crippen LogP contribution < -0.4 is 0 Å². The third kappa shape index (κ3) is 8.27. The Morgan fingerprint density at radius 3 is 1.89 bits per heavy atom. The number of thioether (sulfide) groups is 1. The molecule has 0 saturated carbocycles. The highest BCUT2D eigenvalue weighted by molar-refractivity contribution is 14.1. The van der Waals surface area contributed by atoms with Gasteiger partial charge in [0.25, 0.3) is 0 Å². The summed E-state index contributed by atoms with van der Waals surface area (Å²) in [6.07, 6.45) is -1.76. The van der Waals surface area contributed by atoms with Gasteiger partial charge in [-0.15, -0.1) is 0 Å². The van der Waals surface area contributed by atoms with Crippen LogP contribution in [-0.4, -0.2) is 47.2 Å². The van der Waals surface area contributed by atoms with Gasteiger partial charge in [-0.05, 0) is 44.0 Å². The van der Waals surface area contributed by atoms with Crippen LogP contribution >= 0.6 is 34.4 Å². The number of benzene rings is 3. The van der Waals surface area contributed by atoms with E-state index in [2.05, 4.69) is 91.9 Å². The summed E-state index contributed by atoms with van der Waals surface area (Å²) >= 11 is 3.99. The van der Waals surface area contributed by atoms with E-state index in [-0.39, 0.29) is 27.7 Å². The van der Waals surface area contributed by atoms with Crippen LogP contribution in [0.3, 0.4) is 0 Å². The first-order chi connectivity index (χ1) is 18.4. The predicted molar refractivity (Wildman–Crippen MR) is 161 cm³/mol. The van der Waals surface area contributed by atoms with Crippen LogP contribution in [0.25, 0.3) is 0 Å². The van der Waals surface area contributed by atoms with Gasteiger partial charge in [0.1, 0.15) is 23.7 Å². The maximum Gasteiger partial charge on any atom is 0.169 e. The lowest BCUT2D eigenvalue weighted by Gasteiger charge is -2.46. The maximum absolute atomic E-state index is 6.66. The normalized spacial score (nSPS) is 25.1. The van der Waals surface area contributed by atoms with Crippen molar-refractivity contribution in [1.82, 2.24) is 0 Å². The summed E-state index contributed by atoms with van der Waals surface area (Å²) in [6, 6.07) is 28.9. The zero-order chi connectivity index (χ0) is 26.9. The minimum Gasteiger partial charge on any atom is -0.368 e. The van der Waals surface area contributed by atoms with Gasteiger partial charge in [-0.2, -0.15) is 0 Å². The molecule has 7 atom stereocenters. The Morgan fingerprint density at radius 2 is 1.37 bits per heavy atom. The van der Waals surface area contributed by atoms with E-state index < -0.39 is 12.4 Å². The fourth-order valence-electron chi connectivity index (χ4n) is 4.42. The lowest BCUT2D eigenvalue weighted by molar-refractivity contribution is -0.272. The van der Waals surface area contributed by atoms with Crippen molar-refractivity contribution < 1.29 is 23.7 Å². The molecule has 1 saturated heterocycles. The molecule has 0 bridgehead atoms. The fourth-order valence-corrected chi connectivity index (χ4v) is 6.03. The van der Waals surface area contributed by atoms with Crippen molar-refractivity contribution in [3.05, 3.63) is 102 Å². The van der Waals surface area contributed by atoms with Gasteiger partial charge in [0.05, 0.1) is 23.2 Å². The summed E-state index contributed by atoms with van der Waals surface area (Å²) in [4.78, 5) is 1.11. The third-order valence-corrected chi connectivity index (χ3v) is 8.21. The van der Waals surface area contributed by atoms with Crippen LogP contribution in [0.4, 0.5) is 0 Å². The van der Waals surface area contributed by atoms with E-state index in [1.807, 2.05) is 36.4 Å². The molecular formula is C31H37IO5S. The van der Waals surface area contributed by atoms with Crippen LogP contribution in [0.15, 0.2) is 89.8 Å². The zero-order valence-corrected chi connectivity index (χ0v) is 25.3.